The molecule has 0 unspecified atom stereocenters. The molecule has 2 atom stereocenters. The summed E-state index contributed by atoms with van der Waals surface area (Å²) in [6, 6.07) is 5.95. The first kappa shape index (κ1) is 24.4. The van der Waals surface area contributed by atoms with Crippen LogP contribution in [0.3, 0.4) is 0 Å². The molecule has 11 heteroatoms. The number of fused-ring (bicyclic) bond motifs is 1. The second kappa shape index (κ2) is 10.6. The molecule has 0 aliphatic heterocycles. The van der Waals surface area contributed by atoms with E-state index in [4.69, 9.17) is 20.9 Å². The van der Waals surface area contributed by atoms with Crippen LogP contribution in [0, 0.1) is 12.7 Å². The molecule has 6 N–H and O–H groups in total. The number of benzene rings is 1. The second-order valence-electron chi connectivity index (χ2n) is 7.80. The molecule has 0 fully saturated rings. The highest BCUT2D eigenvalue weighted by Gasteiger charge is 2.21. The van der Waals surface area contributed by atoms with E-state index >= 15 is 0 Å². The smallest absolute Gasteiger partial charge is 0.252 e. The van der Waals surface area contributed by atoms with E-state index in [9.17, 15) is 9.18 Å². The third-order valence-electron chi connectivity index (χ3n) is 5.25. The van der Waals surface area contributed by atoms with Crippen molar-refractivity contribution in [3.8, 4) is 0 Å². The van der Waals surface area contributed by atoms with Gasteiger partial charge in [-0.25, -0.2) is 9.37 Å². The summed E-state index contributed by atoms with van der Waals surface area (Å²) in [5.41, 5.74) is 13.8. The number of nitrogens with two attached hydrogens (primary N) is 2. The van der Waals surface area contributed by atoms with Crippen molar-refractivity contribution in [1.82, 2.24) is 14.8 Å². The maximum atomic E-state index is 14.7. The van der Waals surface area contributed by atoms with Crippen LogP contribution in [0.5, 0.6) is 0 Å². The third kappa shape index (κ3) is 5.56. The summed E-state index contributed by atoms with van der Waals surface area (Å²) in [5, 5.41) is 11.5. The van der Waals surface area contributed by atoms with Crippen molar-refractivity contribution in [1.29, 1.82) is 0 Å². The third-order valence-corrected chi connectivity index (χ3v) is 5.25. The predicted molar refractivity (Wildman–Crippen MR) is 125 cm³/mol. The fourth-order valence-electron chi connectivity index (χ4n) is 3.46. The van der Waals surface area contributed by atoms with Crippen LogP contribution in [0.25, 0.3) is 10.9 Å². The molecular formula is C22H30FN7O3. The van der Waals surface area contributed by atoms with Gasteiger partial charge in [0.15, 0.2) is 11.6 Å². The molecule has 1 aromatic carbocycles. The number of anilines is 3. The molecule has 0 spiro atoms. The lowest BCUT2D eigenvalue weighted by Gasteiger charge is -2.23. The number of halogens is 1. The van der Waals surface area contributed by atoms with Crippen molar-refractivity contribution in [2.75, 3.05) is 38.1 Å². The SMILES string of the molecule is COCCn1nc(C)c2cc(Nc3nc(N[C@H](COC)[C@H](C)N)c(F)cc3C(N)=O)ccc21. The van der Waals surface area contributed by atoms with Gasteiger partial charge >= 0.3 is 0 Å². The number of aryl methyl sites for hydroxylation is 1. The number of carbonyl (C=O) groups is 1. The van der Waals surface area contributed by atoms with Crippen molar-refractivity contribution in [3.05, 3.63) is 41.3 Å². The van der Waals surface area contributed by atoms with Gasteiger partial charge < -0.3 is 31.6 Å². The maximum absolute atomic E-state index is 14.7. The quantitative estimate of drug-likeness (QED) is 0.342. The zero-order valence-electron chi connectivity index (χ0n) is 19.2. The Morgan fingerprint density at radius 3 is 2.64 bits per heavy atom. The molecule has 0 bridgehead atoms. The van der Waals surface area contributed by atoms with Gasteiger partial charge in [0.2, 0.25) is 0 Å². The molecule has 10 nitrogen and oxygen atoms in total. The van der Waals surface area contributed by atoms with Crippen molar-refractivity contribution < 1.29 is 18.7 Å². The number of rotatable bonds is 11. The van der Waals surface area contributed by atoms with Crippen molar-refractivity contribution in [2.45, 2.75) is 32.5 Å². The Kier molecular flexibility index (Phi) is 7.79. The molecule has 1 amide bonds. The Morgan fingerprint density at radius 1 is 1.24 bits per heavy atom. The van der Waals surface area contributed by atoms with Gasteiger partial charge in [-0.05, 0) is 38.1 Å². The lowest BCUT2D eigenvalue weighted by atomic mass is 10.1. The number of ether oxygens (including phenoxy) is 2. The maximum Gasteiger partial charge on any atom is 0.252 e. The minimum absolute atomic E-state index is 0.0634. The zero-order valence-corrected chi connectivity index (χ0v) is 19.2. The number of nitrogens with zero attached hydrogens (tertiary/aromatic N) is 3. The van der Waals surface area contributed by atoms with E-state index in [0.717, 1.165) is 22.7 Å². The fourth-order valence-corrected chi connectivity index (χ4v) is 3.46. The van der Waals surface area contributed by atoms with E-state index in [-0.39, 0.29) is 35.9 Å². The van der Waals surface area contributed by atoms with Crippen LogP contribution in [0.4, 0.5) is 21.7 Å². The van der Waals surface area contributed by atoms with E-state index in [0.29, 0.717) is 18.8 Å². The Hall–Kier alpha value is -3.28. The number of nitrogens with one attached hydrogen (secondary N) is 2. The molecule has 0 saturated carbocycles. The van der Waals surface area contributed by atoms with E-state index in [1.807, 2.05) is 29.8 Å². The summed E-state index contributed by atoms with van der Waals surface area (Å²) in [7, 11) is 3.17. The van der Waals surface area contributed by atoms with Gasteiger partial charge in [-0.3, -0.25) is 9.48 Å². The minimum atomic E-state index is -0.805. The molecule has 0 aliphatic rings. The number of hydrogen-bond acceptors (Lipinski definition) is 8. The highest BCUT2D eigenvalue weighted by molar-refractivity contribution is 5.99. The molecule has 2 aromatic heterocycles. The van der Waals surface area contributed by atoms with Crippen LogP contribution in [-0.2, 0) is 16.0 Å². The summed E-state index contributed by atoms with van der Waals surface area (Å²) in [5.74, 6) is -1.47. The number of carbonyl (C=O) groups excluding carboxylic acids is 1. The van der Waals surface area contributed by atoms with E-state index < -0.39 is 11.7 Å². The van der Waals surface area contributed by atoms with E-state index in [1.54, 1.807) is 14.0 Å². The van der Waals surface area contributed by atoms with Crippen molar-refractivity contribution in [3.63, 3.8) is 0 Å². The Balaban J connectivity index is 1.96. The summed E-state index contributed by atoms with van der Waals surface area (Å²) < 4.78 is 26.9. The van der Waals surface area contributed by atoms with E-state index in [2.05, 4.69) is 20.7 Å². The topological polar surface area (TPSA) is 142 Å². The monoisotopic (exact) mass is 459 g/mol. The van der Waals surface area contributed by atoms with Crippen molar-refractivity contribution >= 4 is 34.1 Å². The second-order valence-corrected chi connectivity index (χ2v) is 7.80. The first-order chi connectivity index (χ1) is 15.7. The van der Waals surface area contributed by atoms with Gasteiger partial charge in [0.05, 0.1) is 42.6 Å². The zero-order chi connectivity index (χ0) is 24.1. The minimum Gasteiger partial charge on any atom is -0.383 e. The predicted octanol–water partition coefficient (Wildman–Crippen LogP) is 2.14. The highest BCUT2D eigenvalue weighted by Crippen LogP contribution is 2.28. The highest BCUT2D eigenvalue weighted by atomic mass is 19.1. The first-order valence-electron chi connectivity index (χ1n) is 10.5. The van der Waals surface area contributed by atoms with Gasteiger partial charge in [0.25, 0.3) is 5.91 Å². The average Bonchev–Trinajstić information content (AvgIpc) is 3.08. The van der Waals surface area contributed by atoms with Crippen LogP contribution in [0.1, 0.15) is 23.0 Å². The molecule has 3 rings (SSSR count). The number of hydrogen-bond donors (Lipinski definition) is 4. The standard InChI is InChI=1S/C22H30FN7O3/c1-12(24)18(11-33-4)27-22-17(23)10-16(20(25)31)21(28-22)26-14-5-6-19-15(9-14)13(2)29-30(19)7-8-32-3/h5-6,9-10,12,18H,7-8,11,24H2,1-4H3,(H2,25,31)(H2,26,27,28)/t12-,18+/m0/s1. The van der Waals surface area contributed by atoms with Crippen LogP contribution in [0.2, 0.25) is 0 Å². The van der Waals surface area contributed by atoms with Crippen LogP contribution in [0.15, 0.2) is 24.3 Å². The molecular weight excluding hydrogens is 429 g/mol. The summed E-state index contributed by atoms with van der Waals surface area (Å²) in [6.07, 6.45) is 0. The molecule has 0 radical (unpaired) electrons. The van der Waals surface area contributed by atoms with Gasteiger partial charge in [-0.1, -0.05) is 0 Å². The Morgan fingerprint density at radius 2 is 2.00 bits per heavy atom. The molecule has 33 heavy (non-hydrogen) atoms. The van der Waals surface area contributed by atoms with Crippen LogP contribution >= 0.6 is 0 Å². The number of aromatic nitrogens is 3. The van der Waals surface area contributed by atoms with Gasteiger partial charge in [-0.2, -0.15) is 5.10 Å². The molecule has 178 valence electrons. The Labute approximate surface area is 191 Å². The Bertz CT molecular complexity index is 1130. The fraction of sp³-hybridized carbons (Fsp3) is 0.409. The molecule has 2 heterocycles. The van der Waals surface area contributed by atoms with Crippen molar-refractivity contribution in [2.24, 2.45) is 11.5 Å². The number of methoxy groups -OCH3 is 2. The summed E-state index contributed by atoms with van der Waals surface area (Å²) >= 11 is 0. The average molecular weight is 460 g/mol. The molecule has 0 aliphatic carbocycles. The summed E-state index contributed by atoms with van der Waals surface area (Å²) in [4.78, 5) is 16.3. The van der Waals surface area contributed by atoms with Gasteiger partial charge in [0, 0.05) is 31.3 Å². The van der Waals surface area contributed by atoms with Crippen LogP contribution in [-0.4, -0.2) is 60.2 Å². The van der Waals surface area contributed by atoms with Crippen LogP contribution < -0.4 is 22.1 Å². The molecule has 0 saturated heterocycles. The number of primary amides is 1. The number of pyridine rings is 1. The number of amides is 1. The van der Waals surface area contributed by atoms with E-state index in [1.165, 1.54) is 7.11 Å². The first-order valence-corrected chi connectivity index (χ1v) is 10.5. The summed E-state index contributed by atoms with van der Waals surface area (Å²) in [6.45, 7) is 5.10. The normalized spacial score (nSPS) is 13.2. The molecule has 3 aromatic rings. The van der Waals surface area contributed by atoms with Gasteiger partial charge in [0.1, 0.15) is 5.82 Å². The lowest BCUT2D eigenvalue weighted by Crippen LogP contribution is -2.41. The van der Waals surface area contributed by atoms with Gasteiger partial charge in [-0.15, -0.1) is 0 Å². The lowest BCUT2D eigenvalue weighted by molar-refractivity contribution is 0.100. The largest absolute Gasteiger partial charge is 0.383 e.